The van der Waals surface area contributed by atoms with Crippen molar-refractivity contribution in [1.29, 1.82) is 0 Å². The van der Waals surface area contributed by atoms with Crippen LogP contribution in [0.3, 0.4) is 0 Å². The van der Waals surface area contributed by atoms with Crippen LogP contribution in [0.1, 0.15) is 39.0 Å². The molecule has 31 heavy (non-hydrogen) atoms. The molecule has 1 aromatic heterocycles. The van der Waals surface area contributed by atoms with Gasteiger partial charge in [0.15, 0.2) is 11.5 Å². The van der Waals surface area contributed by atoms with Crippen molar-refractivity contribution in [3.05, 3.63) is 24.1 Å². The van der Waals surface area contributed by atoms with Gasteiger partial charge in [0.2, 0.25) is 24.5 Å². The number of carbonyl (C=O) groups excluding carboxylic acids is 1. The summed E-state index contributed by atoms with van der Waals surface area (Å²) >= 11 is 0. The molecule has 8 heteroatoms. The van der Waals surface area contributed by atoms with Gasteiger partial charge in [-0.1, -0.05) is 13.8 Å². The number of amides is 1. The fourth-order valence-electron chi connectivity index (χ4n) is 4.26. The van der Waals surface area contributed by atoms with E-state index in [2.05, 4.69) is 28.9 Å². The summed E-state index contributed by atoms with van der Waals surface area (Å²) in [6.07, 6.45) is 3.12. The average molecular weight is 429 g/mol. The van der Waals surface area contributed by atoms with E-state index in [1.165, 1.54) is 6.54 Å². The highest BCUT2D eigenvalue weighted by atomic mass is 16.7. The number of ether oxygens (including phenoxy) is 2. The van der Waals surface area contributed by atoms with E-state index in [9.17, 15) is 4.79 Å². The number of piperidine rings is 1. The molecule has 0 atom stereocenters. The molecule has 0 aliphatic carbocycles. The third-order valence-corrected chi connectivity index (χ3v) is 5.93. The van der Waals surface area contributed by atoms with E-state index in [0.29, 0.717) is 48.0 Å². The van der Waals surface area contributed by atoms with Crippen LogP contribution >= 0.6 is 0 Å². The number of rotatable bonds is 8. The van der Waals surface area contributed by atoms with Crippen LogP contribution in [0.25, 0.3) is 11.5 Å². The zero-order valence-corrected chi connectivity index (χ0v) is 18.7. The number of carbonyl (C=O) groups is 1. The highest BCUT2D eigenvalue weighted by molar-refractivity contribution is 5.76. The van der Waals surface area contributed by atoms with Crippen molar-refractivity contribution in [2.75, 3.05) is 40.0 Å². The summed E-state index contributed by atoms with van der Waals surface area (Å²) in [7, 11) is 1.90. The summed E-state index contributed by atoms with van der Waals surface area (Å²) in [6, 6.07) is 5.51. The standard InChI is InChI=1S/C23H32N4O4/c1-16(2)13-27-10-8-17(9-11-27)14-26(3)22(28)7-6-21-24-25-23(31-21)18-4-5-19-20(12-18)30-15-29-19/h4-5,12,16-17H,6-11,13-15H2,1-3H3. The van der Waals surface area contributed by atoms with Crippen LogP contribution in [0.2, 0.25) is 0 Å². The first kappa shape index (κ1) is 21.6. The molecule has 0 saturated carbocycles. The van der Waals surface area contributed by atoms with Crippen molar-refractivity contribution in [3.8, 4) is 23.0 Å². The molecule has 1 amide bonds. The molecule has 2 aromatic rings. The fourth-order valence-corrected chi connectivity index (χ4v) is 4.26. The molecule has 8 nitrogen and oxygen atoms in total. The number of fused-ring (bicyclic) bond motifs is 1. The molecule has 2 aliphatic rings. The van der Waals surface area contributed by atoms with Crippen molar-refractivity contribution < 1.29 is 18.7 Å². The van der Waals surface area contributed by atoms with Crippen molar-refractivity contribution in [1.82, 2.24) is 20.0 Å². The Kier molecular flexibility index (Phi) is 6.75. The first-order chi connectivity index (χ1) is 15.0. The fraction of sp³-hybridized carbons (Fsp3) is 0.609. The number of aromatic nitrogens is 2. The van der Waals surface area contributed by atoms with E-state index in [4.69, 9.17) is 13.9 Å². The quantitative estimate of drug-likeness (QED) is 0.638. The van der Waals surface area contributed by atoms with Gasteiger partial charge in [0, 0.05) is 38.5 Å². The normalized spacial score (nSPS) is 16.8. The number of likely N-dealkylation sites (tertiary alicyclic amines) is 1. The van der Waals surface area contributed by atoms with Gasteiger partial charge in [0.05, 0.1) is 0 Å². The van der Waals surface area contributed by atoms with Crippen molar-refractivity contribution in [2.45, 2.75) is 39.5 Å². The molecule has 1 fully saturated rings. The maximum atomic E-state index is 12.6. The van der Waals surface area contributed by atoms with Gasteiger partial charge in [-0.15, -0.1) is 10.2 Å². The number of hydrogen-bond donors (Lipinski definition) is 0. The van der Waals surface area contributed by atoms with Gasteiger partial charge in [0.25, 0.3) is 0 Å². The van der Waals surface area contributed by atoms with Gasteiger partial charge < -0.3 is 23.7 Å². The number of nitrogens with zero attached hydrogens (tertiary/aromatic N) is 4. The Bertz CT molecular complexity index is 889. The number of hydrogen-bond acceptors (Lipinski definition) is 7. The monoisotopic (exact) mass is 428 g/mol. The molecule has 0 radical (unpaired) electrons. The molecule has 0 bridgehead atoms. The molecule has 3 heterocycles. The van der Waals surface area contributed by atoms with Crippen LogP contribution in [0, 0.1) is 11.8 Å². The van der Waals surface area contributed by atoms with E-state index in [-0.39, 0.29) is 12.7 Å². The van der Waals surface area contributed by atoms with E-state index in [0.717, 1.165) is 38.0 Å². The van der Waals surface area contributed by atoms with Crippen molar-refractivity contribution >= 4 is 5.91 Å². The highest BCUT2D eigenvalue weighted by Gasteiger charge is 2.23. The van der Waals surface area contributed by atoms with E-state index in [1.807, 2.05) is 30.1 Å². The second kappa shape index (κ2) is 9.68. The molecule has 0 unspecified atom stereocenters. The summed E-state index contributed by atoms with van der Waals surface area (Å²) in [5.74, 6) is 3.67. The van der Waals surface area contributed by atoms with Crippen LogP contribution in [0.15, 0.2) is 22.6 Å². The van der Waals surface area contributed by atoms with E-state index >= 15 is 0 Å². The summed E-state index contributed by atoms with van der Waals surface area (Å²) in [5.41, 5.74) is 0.773. The van der Waals surface area contributed by atoms with Crippen molar-refractivity contribution in [3.63, 3.8) is 0 Å². The highest BCUT2D eigenvalue weighted by Crippen LogP contribution is 2.35. The summed E-state index contributed by atoms with van der Waals surface area (Å²) in [6.45, 7) is 9.01. The topological polar surface area (TPSA) is 80.9 Å². The zero-order valence-electron chi connectivity index (χ0n) is 18.7. The Morgan fingerprint density at radius 1 is 1.19 bits per heavy atom. The van der Waals surface area contributed by atoms with Gasteiger partial charge in [-0.3, -0.25) is 4.79 Å². The van der Waals surface area contributed by atoms with Gasteiger partial charge in [-0.05, 0) is 56.0 Å². The van der Waals surface area contributed by atoms with E-state index < -0.39 is 0 Å². The Morgan fingerprint density at radius 3 is 2.74 bits per heavy atom. The SMILES string of the molecule is CC(C)CN1CCC(CN(C)C(=O)CCc2nnc(-c3ccc4c(c3)OCO4)o2)CC1. The first-order valence-electron chi connectivity index (χ1n) is 11.2. The summed E-state index contributed by atoms with van der Waals surface area (Å²) < 4.78 is 16.5. The largest absolute Gasteiger partial charge is 0.454 e. The summed E-state index contributed by atoms with van der Waals surface area (Å²) in [4.78, 5) is 17.0. The number of benzene rings is 1. The molecule has 0 spiro atoms. The van der Waals surface area contributed by atoms with Crippen LogP contribution in [0.5, 0.6) is 11.5 Å². The van der Waals surface area contributed by atoms with Crippen molar-refractivity contribution in [2.24, 2.45) is 11.8 Å². The zero-order chi connectivity index (χ0) is 21.8. The summed E-state index contributed by atoms with van der Waals surface area (Å²) in [5, 5.41) is 8.21. The van der Waals surface area contributed by atoms with Gasteiger partial charge in [-0.2, -0.15) is 0 Å². The molecule has 4 rings (SSSR count). The molecule has 168 valence electrons. The average Bonchev–Trinajstić information content (AvgIpc) is 3.41. The lowest BCUT2D eigenvalue weighted by Crippen LogP contribution is -2.40. The van der Waals surface area contributed by atoms with Crippen LogP contribution in [0.4, 0.5) is 0 Å². The minimum atomic E-state index is 0.118. The predicted octanol–water partition coefficient (Wildman–Crippen LogP) is 3.22. The Morgan fingerprint density at radius 2 is 1.97 bits per heavy atom. The molecule has 1 saturated heterocycles. The number of aryl methyl sites for hydroxylation is 1. The van der Waals surface area contributed by atoms with Crippen LogP contribution in [-0.2, 0) is 11.2 Å². The Hall–Kier alpha value is -2.61. The van der Waals surface area contributed by atoms with Gasteiger partial charge in [0.1, 0.15) is 0 Å². The molecule has 0 N–H and O–H groups in total. The lowest BCUT2D eigenvalue weighted by Gasteiger charge is -2.34. The predicted molar refractivity (Wildman–Crippen MR) is 116 cm³/mol. The first-order valence-corrected chi connectivity index (χ1v) is 11.2. The van der Waals surface area contributed by atoms with Gasteiger partial charge >= 0.3 is 0 Å². The minimum absolute atomic E-state index is 0.118. The lowest BCUT2D eigenvalue weighted by atomic mass is 9.95. The molecular weight excluding hydrogens is 396 g/mol. The molecule has 2 aliphatic heterocycles. The smallest absolute Gasteiger partial charge is 0.247 e. The third-order valence-electron chi connectivity index (χ3n) is 5.93. The third kappa shape index (κ3) is 5.55. The Balaban J connectivity index is 1.23. The maximum Gasteiger partial charge on any atom is 0.247 e. The molecular formula is C23H32N4O4. The Labute approximate surface area is 183 Å². The second-order valence-corrected chi connectivity index (χ2v) is 8.98. The molecule has 1 aromatic carbocycles. The maximum absolute atomic E-state index is 12.6. The van der Waals surface area contributed by atoms with Crippen LogP contribution in [-0.4, -0.2) is 65.9 Å². The minimum Gasteiger partial charge on any atom is -0.454 e. The van der Waals surface area contributed by atoms with Crippen LogP contribution < -0.4 is 9.47 Å². The second-order valence-electron chi connectivity index (χ2n) is 8.98. The lowest BCUT2D eigenvalue weighted by molar-refractivity contribution is -0.130. The van der Waals surface area contributed by atoms with Gasteiger partial charge in [-0.25, -0.2) is 0 Å². The van der Waals surface area contributed by atoms with E-state index in [1.54, 1.807) is 0 Å².